The first-order chi connectivity index (χ1) is 11.3. The Kier molecular flexibility index (Phi) is 5.39. The summed E-state index contributed by atoms with van der Waals surface area (Å²) in [6, 6.07) is 16.5. The van der Waals surface area contributed by atoms with Crippen molar-refractivity contribution in [3.8, 4) is 0 Å². The van der Waals surface area contributed by atoms with E-state index in [1.165, 1.54) is 12.1 Å². The monoisotopic (exact) mass is 325 g/mol. The molecule has 2 aromatic rings. The molecule has 1 amide bonds. The average Bonchev–Trinajstić information content (AvgIpc) is 2.55. The number of benzene rings is 2. The van der Waals surface area contributed by atoms with Crippen LogP contribution in [0.15, 0.2) is 54.6 Å². The molecule has 0 heterocycles. The molecule has 1 atom stereocenters. The van der Waals surface area contributed by atoms with Crippen molar-refractivity contribution in [3.05, 3.63) is 71.3 Å². The van der Waals surface area contributed by atoms with Crippen LogP contribution < -0.4 is 5.32 Å². The zero-order valence-corrected chi connectivity index (χ0v) is 14.2. The van der Waals surface area contributed by atoms with Crippen molar-refractivity contribution in [3.63, 3.8) is 0 Å². The Hall–Kier alpha value is -2.62. The van der Waals surface area contributed by atoms with E-state index in [0.717, 1.165) is 5.56 Å². The Labute approximate surface area is 142 Å². The van der Waals surface area contributed by atoms with Gasteiger partial charge in [-0.25, -0.2) is 4.79 Å². The van der Waals surface area contributed by atoms with Crippen LogP contribution in [-0.4, -0.2) is 23.0 Å². The maximum Gasteiger partial charge on any atom is 0.335 e. The molecule has 4 heteroatoms. The van der Waals surface area contributed by atoms with Gasteiger partial charge < -0.3 is 10.4 Å². The van der Waals surface area contributed by atoms with Crippen molar-refractivity contribution >= 4 is 11.9 Å². The lowest BCUT2D eigenvalue weighted by Gasteiger charge is -2.33. The van der Waals surface area contributed by atoms with E-state index in [9.17, 15) is 9.59 Å². The minimum Gasteiger partial charge on any atom is -0.478 e. The van der Waals surface area contributed by atoms with E-state index in [1.54, 1.807) is 12.1 Å². The third kappa shape index (κ3) is 4.22. The summed E-state index contributed by atoms with van der Waals surface area (Å²) in [6.45, 7) is 6.18. The van der Waals surface area contributed by atoms with E-state index in [2.05, 4.69) is 31.3 Å². The third-order valence-electron chi connectivity index (χ3n) is 4.52. The highest BCUT2D eigenvalue weighted by Gasteiger charge is 2.28. The summed E-state index contributed by atoms with van der Waals surface area (Å²) in [5, 5.41) is 12.1. The molecule has 0 fully saturated rings. The Bertz CT molecular complexity index is 723. The molecule has 24 heavy (non-hydrogen) atoms. The van der Waals surface area contributed by atoms with E-state index in [-0.39, 0.29) is 29.3 Å². The van der Waals surface area contributed by atoms with Crippen LogP contribution in [0.25, 0.3) is 0 Å². The number of rotatable bonds is 6. The highest BCUT2D eigenvalue weighted by molar-refractivity contribution is 5.88. The first kappa shape index (κ1) is 17.7. The van der Waals surface area contributed by atoms with Crippen molar-refractivity contribution in [2.75, 3.05) is 0 Å². The zero-order chi connectivity index (χ0) is 17.7. The summed E-state index contributed by atoms with van der Waals surface area (Å²) >= 11 is 0. The first-order valence-corrected chi connectivity index (χ1v) is 7.98. The van der Waals surface area contributed by atoms with Crippen molar-refractivity contribution in [2.45, 2.75) is 38.6 Å². The molecule has 2 aromatic carbocycles. The number of nitrogens with one attached hydrogen (secondary N) is 1. The number of amides is 1. The highest BCUT2D eigenvalue weighted by Crippen LogP contribution is 2.26. The predicted molar refractivity (Wildman–Crippen MR) is 94.2 cm³/mol. The fourth-order valence-electron chi connectivity index (χ4n) is 2.59. The lowest BCUT2D eigenvalue weighted by atomic mass is 9.78. The predicted octanol–water partition coefficient (Wildman–Crippen LogP) is 3.41. The van der Waals surface area contributed by atoms with Gasteiger partial charge in [-0.15, -0.1) is 0 Å². The number of carbonyl (C=O) groups excluding carboxylic acids is 1. The number of hydrogen-bond acceptors (Lipinski definition) is 2. The molecule has 0 aromatic heterocycles. The van der Waals surface area contributed by atoms with Gasteiger partial charge >= 0.3 is 5.97 Å². The molecule has 0 bridgehead atoms. The summed E-state index contributed by atoms with van der Waals surface area (Å²) in [7, 11) is 0. The van der Waals surface area contributed by atoms with E-state index in [0.29, 0.717) is 5.56 Å². The maximum absolute atomic E-state index is 12.3. The number of carboxylic acids is 1. The van der Waals surface area contributed by atoms with E-state index in [1.807, 2.05) is 25.1 Å². The standard InChI is InChI=1S/C20H23NO3/c1-14(20(2,3)17-10-5-4-6-11-17)21-18(22)13-15-8-7-9-16(12-15)19(23)24/h4-12,14H,13H2,1-3H3,(H,21,22)(H,23,24). The summed E-state index contributed by atoms with van der Waals surface area (Å²) in [5.74, 6) is -1.11. The molecule has 1 unspecified atom stereocenters. The molecule has 0 saturated heterocycles. The third-order valence-corrected chi connectivity index (χ3v) is 4.52. The average molecular weight is 325 g/mol. The summed E-state index contributed by atoms with van der Waals surface area (Å²) in [4.78, 5) is 23.3. The molecule has 4 nitrogen and oxygen atoms in total. The fraction of sp³-hybridized carbons (Fsp3) is 0.300. The molecule has 0 aliphatic rings. The Morgan fingerprint density at radius 1 is 1.08 bits per heavy atom. The molecule has 0 saturated carbocycles. The van der Waals surface area contributed by atoms with Crippen molar-refractivity contribution < 1.29 is 14.7 Å². The molecule has 0 spiro atoms. The van der Waals surface area contributed by atoms with Crippen molar-refractivity contribution in [1.29, 1.82) is 0 Å². The number of hydrogen-bond donors (Lipinski definition) is 2. The summed E-state index contributed by atoms with van der Waals surface area (Å²) in [6.07, 6.45) is 0.163. The zero-order valence-electron chi connectivity index (χ0n) is 14.2. The van der Waals surface area contributed by atoms with Crippen LogP contribution in [0.4, 0.5) is 0 Å². The summed E-state index contributed by atoms with van der Waals surface area (Å²) < 4.78 is 0. The molecular weight excluding hydrogens is 302 g/mol. The smallest absolute Gasteiger partial charge is 0.335 e. The molecule has 2 N–H and O–H groups in total. The van der Waals surface area contributed by atoms with Crippen LogP contribution >= 0.6 is 0 Å². The second-order valence-electron chi connectivity index (χ2n) is 6.56. The van der Waals surface area contributed by atoms with Gasteiger partial charge in [0, 0.05) is 11.5 Å². The minimum atomic E-state index is -0.990. The quantitative estimate of drug-likeness (QED) is 0.855. The second kappa shape index (κ2) is 7.30. The lowest BCUT2D eigenvalue weighted by molar-refractivity contribution is -0.121. The highest BCUT2D eigenvalue weighted by atomic mass is 16.4. The Morgan fingerprint density at radius 3 is 2.38 bits per heavy atom. The van der Waals surface area contributed by atoms with Crippen LogP contribution in [-0.2, 0) is 16.6 Å². The Morgan fingerprint density at radius 2 is 1.75 bits per heavy atom. The van der Waals surface area contributed by atoms with Crippen LogP contribution in [0.3, 0.4) is 0 Å². The van der Waals surface area contributed by atoms with Gasteiger partial charge in [0.05, 0.1) is 12.0 Å². The van der Waals surface area contributed by atoms with Crippen LogP contribution in [0.5, 0.6) is 0 Å². The fourth-order valence-corrected chi connectivity index (χ4v) is 2.59. The lowest BCUT2D eigenvalue weighted by Crippen LogP contribution is -2.46. The van der Waals surface area contributed by atoms with Gasteiger partial charge in [0.1, 0.15) is 0 Å². The van der Waals surface area contributed by atoms with Gasteiger partial charge in [0.2, 0.25) is 5.91 Å². The van der Waals surface area contributed by atoms with Gasteiger partial charge in [0.25, 0.3) is 0 Å². The van der Waals surface area contributed by atoms with Gasteiger partial charge in [0.15, 0.2) is 0 Å². The Balaban J connectivity index is 2.04. The molecule has 0 aliphatic carbocycles. The molecule has 0 aliphatic heterocycles. The molecule has 2 rings (SSSR count). The largest absolute Gasteiger partial charge is 0.478 e. The molecular formula is C20H23NO3. The molecule has 126 valence electrons. The van der Waals surface area contributed by atoms with E-state index in [4.69, 9.17) is 5.11 Å². The van der Waals surface area contributed by atoms with E-state index < -0.39 is 5.97 Å². The molecule has 0 radical (unpaired) electrons. The number of carboxylic acid groups (broad SMARTS) is 1. The number of aromatic carboxylic acids is 1. The minimum absolute atomic E-state index is 0.0601. The summed E-state index contributed by atoms with van der Waals surface area (Å²) in [5.41, 5.74) is 1.83. The van der Waals surface area contributed by atoms with Crippen LogP contribution in [0, 0.1) is 0 Å². The van der Waals surface area contributed by atoms with E-state index >= 15 is 0 Å². The van der Waals surface area contributed by atoms with Crippen LogP contribution in [0.2, 0.25) is 0 Å². The van der Waals surface area contributed by atoms with Gasteiger partial charge in [-0.1, -0.05) is 56.3 Å². The van der Waals surface area contributed by atoms with Crippen molar-refractivity contribution in [2.24, 2.45) is 0 Å². The first-order valence-electron chi connectivity index (χ1n) is 7.98. The normalized spacial score (nSPS) is 12.5. The van der Waals surface area contributed by atoms with Crippen LogP contribution in [0.1, 0.15) is 42.3 Å². The SMILES string of the molecule is CC(NC(=O)Cc1cccc(C(=O)O)c1)C(C)(C)c1ccccc1. The maximum atomic E-state index is 12.3. The van der Waals surface area contributed by atoms with Gasteiger partial charge in [-0.3, -0.25) is 4.79 Å². The van der Waals surface area contributed by atoms with Gasteiger partial charge in [-0.05, 0) is 30.2 Å². The van der Waals surface area contributed by atoms with Gasteiger partial charge in [-0.2, -0.15) is 0 Å². The number of carbonyl (C=O) groups is 2. The topological polar surface area (TPSA) is 66.4 Å². The van der Waals surface area contributed by atoms with Crippen molar-refractivity contribution in [1.82, 2.24) is 5.32 Å². The second-order valence-corrected chi connectivity index (χ2v) is 6.56.